The zero-order chi connectivity index (χ0) is 16.5. The van der Waals surface area contributed by atoms with Crippen molar-refractivity contribution in [2.75, 3.05) is 43.4 Å². The van der Waals surface area contributed by atoms with Crippen molar-refractivity contribution in [3.63, 3.8) is 0 Å². The minimum atomic E-state index is 0.581. The Labute approximate surface area is 149 Å². The predicted molar refractivity (Wildman–Crippen MR) is 100 cm³/mol. The van der Waals surface area contributed by atoms with Crippen LogP contribution in [-0.2, 0) is 0 Å². The van der Waals surface area contributed by atoms with Crippen molar-refractivity contribution in [1.29, 1.82) is 0 Å². The van der Waals surface area contributed by atoms with Gasteiger partial charge in [0.15, 0.2) is 0 Å². The van der Waals surface area contributed by atoms with E-state index < -0.39 is 0 Å². The Morgan fingerprint density at radius 1 is 1.08 bits per heavy atom. The number of nitrogens with zero attached hydrogens (tertiary/aromatic N) is 5. The summed E-state index contributed by atoms with van der Waals surface area (Å²) in [4.78, 5) is 9.14. The topological polar surface area (TPSA) is 48.7 Å². The Bertz CT molecular complexity index is 836. The van der Waals surface area contributed by atoms with E-state index in [0.717, 1.165) is 41.9 Å². The summed E-state index contributed by atoms with van der Waals surface area (Å²) in [6.07, 6.45) is 3.72. The number of likely N-dealkylation sites (N-methyl/N-ethyl adjacent to an activating group) is 1. The van der Waals surface area contributed by atoms with Crippen molar-refractivity contribution in [3.05, 3.63) is 47.2 Å². The van der Waals surface area contributed by atoms with Crippen molar-refractivity contribution in [1.82, 2.24) is 19.5 Å². The number of nitrogens with one attached hydrogen (secondary N) is 1. The number of anilines is 3. The van der Waals surface area contributed by atoms with Crippen LogP contribution in [0.3, 0.4) is 0 Å². The highest BCUT2D eigenvalue weighted by Gasteiger charge is 2.14. The minimum absolute atomic E-state index is 0.581. The number of benzene rings is 1. The summed E-state index contributed by atoms with van der Waals surface area (Å²) in [6, 6.07) is 10.4. The second kappa shape index (κ2) is 6.41. The highest BCUT2D eigenvalue weighted by atomic mass is 79.9. The predicted octanol–water partition coefficient (Wildman–Crippen LogP) is 2.99. The first-order valence-corrected chi connectivity index (χ1v) is 8.78. The van der Waals surface area contributed by atoms with Crippen LogP contribution in [0.4, 0.5) is 17.3 Å². The SMILES string of the molecule is CN1CCN(c2ccc(Nc3ncc4cc(Br)cn4n3)cc2)CC1. The largest absolute Gasteiger partial charge is 0.369 e. The molecule has 4 rings (SSSR count). The van der Waals surface area contributed by atoms with Crippen LogP contribution in [-0.4, -0.2) is 52.7 Å². The van der Waals surface area contributed by atoms with Gasteiger partial charge in [-0.2, -0.15) is 0 Å². The second-order valence-electron chi connectivity index (χ2n) is 6.07. The Morgan fingerprint density at radius 3 is 2.58 bits per heavy atom. The van der Waals surface area contributed by atoms with Gasteiger partial charge in [-0.3, -0.25) is 0 Å². The van der Waals surface area contributed by atoms with Crippen LogP contribution in [0.25, 0.3) is 5.52 Å². The number of hydrogen-bond acceptors (Lipinski definition) is 5. The first kappa shape index (κ1) is 15.4. The monoisotopic (exact) mass is 386 g/mol. The maximum atomic E-state index is 4.46. The first-order chi connectivity index (χ1) is 11.7. The van der Waals surface area contributed by atoms with Crippen molar-refractivity contribution in [3.8, 4) is 0 Å². The average molecular weight is 387 g/mol. The molecule has 3 aromatic rings. The normalized spacial score (nSPS) is 15.8. The number of rotatable bonds is 3. The van der Waals surface area contributed by atoms with Crippen molar-refractivity contribution >= 4 is 38.8 Å². The summed E-state index contributed by atoms with van der Waals surface area (Å²) in [5.74, 6) is 0.581. The van der Waals surface area contributed by atoms with E-state index in [4.69, 9.17) is 0 Å². The van der Waals surface area contributed by atoms with Crippen LogP contribution in [0.2, 0.25) is 0 Å². The fourth-order valence-corrected chi connectivity index (χ4v) is 3.31. The number of halogens is 1. The molecule has 0 spiro atoms. The fourth-order valence-electron chi connectivity index (χ4n) is 2.88. The van der Waals surface area contributed by atoms with Crippen LogP contribution >= 0.6 is 15.9 Å². The smallest absolute Gasteiger partial charge is 0.245 e. The van der Waals surface area contributed by atoms with Crippen molar-refractivity contribution < 1.29 is 0 Å². The van der Waals surface area contributed by atoms with Crippen LogP contribution in [0.15, 0.2) is 47.2 Å². The zero-order valence-electron chi connectivity index (χ0n) is 13.5. The molecule has 0 unspecified atom stereocenters. The molecule has 3 heterocycles. The third-order valence-electron chi connectivity index (χ3n) is 4.31. The fraction of sp³-hybridized carbons (Fsp3) is 0.294. The van der Waals surface area contributed by atoms with Crippen molar-refractivity contribution in [2.24, 2.45) is 0 Å². The summed E-state index contributed by atoms with van der Waals surface area (Å²) in [5, 5.41) is 7.72. The molecule has 124 valence electrons. The van der Waals surface area contributed by atoms with Crippen LogP contribution < -0.4 is 10.2 Å². The molecule has 0 amide bonds. The van der Waals surface area contributed by atoms with Gasteiger partial charge in [-0.15, -0.1) is 5.10 Å². The summed E-state index contributed by atoms with van der Waals surface area (Å²) >= 11 is 3.45. The first-order valence-electron chi connectivity index (χ1n) is 7.99. The molecule has 0 saturated carbocycles. The number of aromatic nitrogens is 3. The Hall–Kier alpha value is -2.12. The van der Waals surface area contributed by atoms with E-state index in [9.17, 15) is 0 Å². The van der Waals surface area contributed by atoms with E-state index in [0.29, 0.717) is 5.95 Å². The lowest BCUT2D eigenvalue weighted by molar-refractivity contribution is 0.313. The summed E-state index contributed by atoms with van der Waals surface area (Å²) in [5.41, 5.74) is 3.20. The van der Waals surface area contributed by atoms with Crippen LogP contribution in [0, 0.1) is 0 Å². The van der Waals surface area contributed by atoms with E-state index in [1.54, 1.807) is 10.7 Å². The van der Waals surface area contributed by atoms with Gasteiger partial charge in [-0.1, -0.05) is 0 Å². The molecule has 24 heavy (non-hydrogen) atoms. The summed E-state index contributed by atoms with van der Waals surface area (Å²) in [6.45, 7) is 4.37. The zero-order valence-corrected chi connectivity index (χ0v) is 15.1. The molecular formula is C17H19BrN6. The minimum Gasteiger partial charge on any atom is -0.369 e. The van der Waals surface area contributed by atoms with E-state index in [1.165, 1.54) is 5.69 Å². The molecule has 1 aliphatic heterocycles. The standard InChI is InChI=1S/C17H19BrN6/c1-22-6-8-23(9-7-22)15-4-2-14(3-5-15)20-17-19-11-16-10-13(18)12-24(16)21-17/h2-5,10-12H,6-9H2,1H3,(H,20,21). The molecule has 1 saturated heterocycles. The summed E-state index contributed by atoms with van der Waals surface area (Å²) < 4.78 is 2.79. The van der Waals surface area contributed by atoms with Gasteiger partial charge in [0, 0.05) is 48.2 Å². The van der Waals surface area contributed by atoms with Gasteiger partial charge < -0.3 is 15.1 Å². The molecule has 7 heteroatoms. The lowest BCUT2D eigenvalue weighted by Crippen LogP contribution is -2.44. The summed E-state index contributed by atoms with van der Waals surface area (Å²) in [7, 11) is 2.17. The molecule has 1 aliphatic rings. The molecule has 0 bridgehead atoms. The van der Waals surface area contributed by atoms with Crippen LogP contribution in [0.1, 0.15) is 0 Å². The maximum absolute atomic E-state index is 4.46. The van der Waals surface area contributed by atoms with Gasteiger partial charge in [-0.05, 0) is 53.3 Å². The molecule has 1 N–H and O–H groups in total. The van der Waals surface area contributed by atoms with Gasteiger partial charge in [-0.25, -0.2) is 9.50 Å². The molecule has 1 aromatic carbocycles. The van der Waals surface area contributed by atoms with Gasteiger partial charge in [0.1, 0.15) is 0 Å². The third kappa shape index (κ3) is 3.22. The van der Waals surface area contributed by atoms with Crippen LogP contribution in [0.5, 0.6) is 0 Å². The third-order valence-corrected chi connectivity index (χ3v) is 4.74. The Kier molecular flexibility index (Phi) is 4.12. The van der Waals surface area contributed by atoms with E-state index in [2.05, 4.69) is 72.4 Å². The Balaban J connectivity index is 1.48. The number of fused-ring (bicyclic) bond motifs is 1. The van der Waals surface area contributed by atoms with Gasteiger partial charge in [0.25, 0.3) is 0 Å². The average Bonchev–Trinajstić information content (AvgIpc) is 2.96. The van der Waals surface area contributed by atoms with Gasteiger partial charge in [0.2, 0.25) is 5.95 Å². The highest BCUT2D eigenvalue weighted by molar-refractivity contribution is 9.10. The number of piperazine rings is 1. The highest BCUT2D eigenvalue weighted by Crippen LogP contribution is 2.21. The molecule has 0 radical (unpaired) electrons. The molecule has 6 nitrogen and oxygen atoms in total. The van der Waals surface area contributed by atoms with Gasteiger partial charge >= 0.3 is 0 Å². The molecular weight excluding hydrogens is 368 g/mol. The lowest BCUT2D eigenvalue weighted by atomic mass is 10.2. The van der Waals surface area contributed by atoms with E-state index in [-0.39, 0.29) is 0 Å². The van der Waals surface area contributed by atoms with Gasteiger partial charge in [0.05, 0.1) is 11.7 Å². The maximum Gasteiger partial charge on any atom is 0.245 e. The van der Waals surface area contributed by atoms with E-state index in [1.807, 2.05) is 12.3 Å². The second-order valence-corrected chi connectivity index (χ2v) is 6.99. The number of hydrogen-bond donors (Lipinski definition) is 1. The molecule has 2 aromatic heterocycles. The Morgan fingerprint density at radius 2 is 1.83 bits per heavy atom. The van der Waals surface area contributed by atoms with E-state index >= 15 is 0 Å². The quantitative estimate of drug-likeness (QED) is 0.749. The molecule has 0 aliphatic carbocycles. The lowest BCUT2D eigenvalue weighted by Gasteiger charge is -2.34. The molecule has 0 atom stereocenters. The molecule has 1 fully saturated rings. The van der Waals surface area contributed by atoms with Crippen molar-refractivity contribution in [2.45, 2.75) is 0 Å².